The molecule has 0 aliphatic carbocycles. The molecular weight excluding hydrogens is 316 g/mol. The third-order valence-electron chi connectivity index (χ3n) is 5.23. The van der Waals surface area contributed by atoms with Crippen molar-refractivity contribution in [1.82, 2.24) is 0 Å². The molecule has 3 nitrogen and oxygen atoms in total. The van der Waals surface area contributed by atoms with Gasteiger partial charge in [-0.25, -0.2) is 0 Å². The summed E-state index contributed by atoms with van der Waals surface area (Å²) in [6.45, 7) is 23.8. The van der Waals surface area contributed by atoms with Crippen LogP contribution in [0.15, 0.2) is 0 Å². The molecule has 0 aliphatic rings. The molecule has 1 atom stereocenters. The van der Waals surface area contributed by atoms with Crippen molar-refractivity contribution in [2.24, 2.45) is 17.8 Å². The van der Waals surface area contributed by atoms with Gasteiger partial charge in [0.05, 0.1) is 5.60 Å². The van der Waals surface area contributed by atoms with Gasteiger partial charge in [-0.15, -0.1) is 0 Å². The summed E-state index contributed by atoms with van der Waals surface area (Å²) >= 11 is 0. The molecule has 0 amide bonds. The van der Waals surface area contributed by atoms with Crippen LogP contribution >= 0.6 is 0 Å². The maximum Gasteiger partial charge on any atom is 0.504 e. The van der Waals surface area contributed by atoms with E-state index in [-0.39, 0.29) is 11.1 Å². The summed E-state index contributed by atoms with van der Waals surface area (Å²) in [6.07, 6.45) is 3.07. The zero-order valence-corrected chi connectivity index (χ0v) is 19.1. The van der Waals surface area contributed by atoms with Crippen LogP contribution in [0, 0.1) is 17.8 Å². The number of rotatable bonds is 13. The van der Waals surface area contributed by atoms with E-state index in [1.54, 1.807) is 0 Å². The Morgan fingerprint density at radius 2 is 1.17 bits per heavy atom. The van der Waals surface area contributed by atoms with E-state index in [0.29, 0.717) is 31.0 Å². The number of hydrogen-bond acceptors (Lipinski definition) is 3. The van der Waals surface area contributed by atoms with Crippen LogP contribution < -0.4 is 0 Å². The molecule has 0 heterocycles. The minimum Gasteiger partial charge on any atom is -0.373 e. The van der Waals surface area contributed by atoms with Gasteiger partial charge in [-0.3, -0.25) is 0 Å². The lowest BCUT2D eigenvalue weighted by Crippen LogP contribution is -2.61. The molecule has 4 heteroatoms. The quantitative estimate of drug-likeness (QED) is 0.361. The van der Waals surface area contributed by atoms with Gasteiger partial charge in [0.2, 0.25) is 0 Å². The molecule has 0 fully saturated rings. The topological polar surface area (TPSA) is 27.7 Å². The maximum absolute atomic E-state index is 7.06. The third-order valence-corrected chi connectivity index (χ3v) is 8.49. The molecule has 0 spiro atoms. The Kier molecular flexibility index (Phi) is 11.0. The molecule has 0 aromatic heterocycles. The highest BCUT2D eigenvalue weighted by Gasteiger charge is 2.55. The molecule has 0 rings (SSSR count). The average molecular weight is 361 g/mol. The smallest absolute Gasteiger partial charge is 0.373 e. The highest BCUT2D eigenvalue weighted by Crippen LogP contribution is 2.44. The molecular formula is C20H44O3Si. The van der Waals surface area contributed by atoms with Gasteiger partial charge in [-0.05, 0) is 30.6 Å². The highest BCUT2D eigenvalue weighted by atomic mass is 28.4. The van der Waals surface area contributed by atoms with Gasteiger partial charge in [-0.2, -0.15) is 0 Å². The van der Waals surface area contributed by atoms with Gasteiger partial charge >= 0.3 is 8.80 Å². The lowest BCUT2D eigenvalue weighted by atomic mass is 9.71. The summed E-state index contributed by atoms with van der Waals surface area (Å²) in [7, 11) is -2.75. The Balaban J connectivity index is 5.94. The molecule has 146 valence electrons. The molecule has 0 bridgehead atoms. The molecule has 1 unspecified atom stereocenters. The standard InChI is InChI=1S/C20H44O3Si/c1-11-14-21-24(18(8)9,22-15-12-2)23-20(16(4)5,17(6)7)19(10)13-3/h16-19H,11-15H2,1-10H3. The first-order valence-electron chi connectivity index (χ1n) is 10.1. The Morgan fingerprint density at radius 1 is 0.750 bits per heavy atom. The van der Waals surface area contributed by atoms with Crippen molar-refractivity contribution in [1.29, 1.82) is 0 Å². The average Bonchev–Trinajstić information content (AvgIpc) is 2.52. The lowest BCUT2D eigenvalue weighted by molar-refractivity contribution is -0.122. The minimum absolute atomic E-state index is 0.216. The monoisotopic (exact) mass is 360 g/mol. The van der Waals surface area contributed by atoms with Crippen molar-refractivity contribution in [3.63, 3.8) is 0 Å². The lowest BCUT2D eigenvalue weighted by Gasteiger charge is -2.51. The van der Waals surface area contributed by atoms with Crippen molar-refractivity contribution in [2.75, 3.05) is 13.2 Å². The van der Waals surface area contributed by atoms with Crippen LogP contribution in [-0.2, 0) is 13.3 Å². The van der Waals surface area contributed by atoms with Crippen LogP contribution in [0.4, 0.5) is 0 Å². The van der Waals surface area contributed by atoms with Crippen molar-refractivity contribution >= 4 is 8.80 Å². The van der Waals surface area contributed by atoms with Crippen LogP contribution in [0.2, 0.25) is 5.54 Å². The number of hydrogen-bond donors (Lipinski definition) is 0. The molecule has 24 heavy (non-hydrogen) atoms. The van der Waals surface area contributed by atoms with Gasteiger partial charge in [0.15, 0.2) is 0 Å². The molecule has 0 N–H and O–H groups in total. The summed E-state index contributed by atoms with van der Waals surface area (Å²) in [6, 6.07) is 0. The Labute approximate surface area is 153 Å². The Bertz CT molecular complexity index is 313. The van der Waals surface area contributed by atoms with Crippen LogP contribution in [0.5, 0.6) is 0 Å². The first-order chi connectivity index (χ1) is 11.1. The van der Waals surface area contributed by atoms with Crippen molar-refractivity contribution in [2.45, 2.75) is 99.6 Å². The van der Waals surface area contributed by atoms with Gasteiger partial charge in [-0.1, -0.05) is 75.7 Å². The van der Waals surface area contributed by atoms with E-state index in [1.165, 1.54) is 0 Å². The van der Waals surface area contributed by atoms with Gasteiger partial charge in [0.1, 0.15) is 0 Å². The molecule has 0 aliphatic heterocycles. The zero-order valence-electron chi connectivity index (χ0n) is 18.1. The van der Waals surface area contributed by atoms with Gasteiger partial charge < -0.3 is 13.3 Å². The van der Waals surface area contributed by atoms with Crippen LogP contribution in [-0.4, -0.2) is 27.6 Å². The summed E-state index contributed by atoms with van der Waals surface area (Å²) in [5.41, 5.74) is 0.0451. The summed E-state index contributed by atoms with van der Waals surface area (Å²) in [5.74, 6) is 1.28. The molecule has 0 aromatic carbocycles. The molecule has 0 radical (unpaired) electrons. The maximum atomic E-state index is 7.06. The van der Waals surface area contributed by atoms with Crippen molar-refractivity contribution < 1.29 is 13.3 Å². The summed E-state index contributed by atoms with van der Waals surface area (Å²) in [4.78, 5) is 0. The van der Waals surface area contributed by atoms with Gasteiger partial charge in [0.25, 0.3) is 0 Å². The Hall–Kier alpha value is 0.0969. The normalized spacial score (nSPS) is 14.9. The van der Waals surface area contributed by atoms with E-state index < -0.39 is 8.80 Å². The van der Waals surface area contributed by atoms with E-state index in [2.05, 4.69) is 69.2 Å². The van der Waals surface area contributed by atoms with Crippen LogP contribution in [0.25, 0.3) is 0 Å². The fourth-order valence-electron chi connectivity index (χ4n) is 3.75. The van der Waals surface area contributed by atoms with E-state index >= 15 is 0 Å². The largest absolute Gasteiger partial charge is 0.504 e. The van der Waals surface area contributed by atoms with Crippen LogP contribution in [0.3, 0.4) is 0 Å². The van der Waals surface area contributed by atoms with Crippen molar-refractivity contribution in [3.8, 4) is 0 Å². The first kappa shape index (κ1) is 24.1. The SMILES string of the molecule is CCCO[Si](OCCC)(OC(C(C)C)(C(C)C)C(C)CC)C(C)C. The second-order valence-corrected chi connectivity index (χ2v) is 11.2. The predicted octanol–water partition coefficient (Wildman–Crippen LogP) is 6.30. The molecule has 0 saturated carbocycles. The van der Waals surface area contributed by atoms with Crippen molar-refractivity contribution in [3.05, 3.63) is 0 Å². The minimum atomic E-state index is -2.75. The third kappa shape index (κ3) is 5.55. The second kappa shape index (κ2) is 10.9. The molecule has 0 aromatic rings. The Morgan fingerprint density at radius 3 is 1.42 bits per heavy atom. The van der Waals surface area contributed by atoms with E-state index in [0.717, 1.165) is 19.3 Å². The first-order valence-corrected chi connectivity index (χ1v) is 11.9. The zero-order chi connectivity index (χ0) is 19.0. The fourth-order valence-corrected chi connectivity index (χ4v) is 6.99. The van der Waals surface area contributed by atoms with Crippen LogP contribution in [0.1, 0.15) is 88.5 Å². The van der Waals surface area contributed by atoms with E-state index in [1.807, 2.05) is 0 Å². The highest BCUT2D eigenvalue weighted by molar-refractivity contribution is 6.62. The van der Waals surface area contributed by atoms with E-state index in [9.17, 15) is 0 Å². The predicted molar refractivity (Wildman–Crippen MR) is 106 cm³/mol. The van der Waals surface area contributed by atoms with Gasteiger partial charge in [0, 0.05) is 18.8 Å². The summed E-state index contributed by atoms with van der Waals surface area (Å²) < 4.78 is 19.8. The fraction of sp³-hybridized carbons (Fsp3) is 1.00. The second-order valence-electron chi connectivity index (χ2n) is 8.03. The summed E-state index contributed by atoms with van der Waals surface area (Å²) in [5, 5.41) is 0. The van der Waals surface area contributed by atoms with E-state index in [4.69, 9.17) is 13.3 Å². The molecule has 0 saturated heterocycles.